The van der Waals surface area contributed by atoms with Gasteiger partial charge in [-0.05, 0) is 31.9 Å². The number of aromatic nitrogens is 2. The van der Waals surface area contributed by atoms with Gasteiger partial charge in [-0.25, -0.2) is 0 Å². The molecule has 0 fully saturated rings. The zero-order valence-electron chi connectivity index (χ0n) is 5.14. The number of nitrogens with two attached hydrogens (primary N) is 1. The summed E-state index contributed by atoms with van der Waals surface area (Å²) in [5.41, 5.74) is 6.16. The van der Waals surface area contributed by atoms with Crippen LogP contribution in [0.5, 0.6) is 0 Å². The minimum atomic E-state index is 0. The third-order valence-electron chi connectivity index (χ3n) is 0.966. The van der Waals surface area contributed by atoms with Gasteiger partial charge in [-0.15, -0.1) is 12.4 Å². The highest BCUT2D eigenvalue weighted by Gasteiger charge is 2.05. The van der Waals surface area contributed by atoms with Crippen LogP contribution in [0, 0.1) is 0 Å². The molecule has 1 aromatic rings. The van der Waals surface area contributed by atoms with Crippen LogP contribution < -0.4 is 5.73 Å². The van der Waals surface area contributed by atoms with E-state index in [9.17, 15) is 0 Å². The van der Waals surface area contributed by atoms with Gasteiger partial charge < -0.3 is 5.73 Å². The van der Waals surface area contributed by atoms with Crippen molar-refractivity contribution in [2.45, 2.75) is 0 Å². The van der Waals surface area contributed by atoms with Crippen molar-refractivity contribution in [3.63, 3.8) is 0 Å². The standard InChI is InChI=1S/C4H5Br2N3.ClH/c1-9-4(6)2(7)3(5)8-9;/h7H2,1H3;1H. The molecule has 0 saturated carbocycles. The van der Waals surface area contributed by atoms with Crippen LogP contribution in [0.4, 0.5) is 5.69 Å². The van der Waals surface area contributed by atoms with Crippen LogP contribution in [0.2, 0.25) is 0 Å². The summed E-state index contributed by atoms with van der Waals surface area (Å²) in [6.07, 6.45) is 0. The van der Waals surface area contributed by atoms with E-state index in [1.807, 2.05) is 7.05 Å². The van der Waals surface area contributed by atoms with Crippen molar-refractivity contribution in [1.82, 2.24) is 9.78 Å². The fraction of sp³-hybridized carbons (Fsp3) is 0.250. The maximum absolute atomic E-state index is 5.53. The minimum absolute atomic E-state index is 0. The van der Waals surface area contributed by atoms with Crippen LogP contribution in [0.3, 0.4) is 0 Å². The lowest BCUT2D eigenvalue weighted by Crippen LogP contribution is -1.89. The molecule has 0 aliphatic rings. The quantitative estimate of drug-likeness (QED) is 0.794. The van der Waals surface area contributed by atoms with Crippen LogP contribution in [0.25, 0.3) is 0 Å². The lowest BCUT2D eigenvalue weighted by Gasteiger charge is -1.88. The maximum Gasteiger partial charge on any atom is 0.152 e. The van der Waals surface area contributed by atoms with Gasteiger partial charge in [0.15, 0.2) is 4.60 Å². The summed E-state index contributed by atoms with van der Waals surface area (Å²) in [6, 6.07) is 0. The average Bonchev–Trinajstić information content (AvgIpc) is 1.98. The number of hydrogen-bond donors (Lipinski definition) is 1. The van der Waals surface area contributed by atoms with E-state index >= 15 is 0 Å². The number of halogens is 3. The van der Waals surface area contributed by atoms with Gasteiger partial charge in [0.05, 0.1) is 5.69 Å². The Morgan fingerprint density at radius 3 is 2.10 bits per heavy atom. The third-order valence-corrected chi connectivity index (χ3v) is 2.49. The minimum Gasteiger partial charge on any atom is -0.394 e. The van der Waals surface area contributed by atoms with E-state index in [4.69, 9.17) is 5.73 Å². The molecule has 1 rings (SSSR count). The van der Waals surface area contributed by atoms with Crippen molar-refractivity contribution in [1.29, 1.82) is 0 Å². The fourth-order valence-electron chi connectivity index (χ4n) is 0.489. The third kappa shape index (κ3) is 1.65. The molecule has 2 N–H and O–H groups in total. The van der Waals surface area contributed by atoms with E-state index in [2.05, 4.69) is 37.0 Å². The highest BCUT2D eigenvalue weighted by atomic mass is 79.9. The summed E-state index contributed by atoms with van der Waals surface area (Å²) in [4.78, 5) is 0. The molecule has 0 unspecified atom stereocenters. The molecule has 0 aromatic carbocycles. The van der Waals surface area contributed by atoms with Crippen molar-refractivity contribution in [2.24, 2.45) is 7.05 Å². The Morgan fingerprint density at radius 2 is 2.00 bits per heavy atom. The SMILES string of the molecule is Cl.Cn1nc(Br)c(N)c1Br. The molecule has 0 aliphatic heterocycles. The summed E-state index contributed by atoms with van der Waals surface area (Å²) in [5.74, 6) is 0. The van der Waals surface area contributed by atoms with Crippen molar-refractivity contribution in [3.05, 3.63) is 9.21 Å². The van der Waals surface area contributed by atoms with E-state index in [1.54, 1.807) is 4.68 Å². The number of nitrogen functional groups attached to an aromatic ring is 1. The molecular weight excluding hydrogens is 285 g/mol. The predicted octanol–water partition coefficient (Wildman–Crippen LogP) is 1.95. The van der Waals surface area contributed by atoms with Crippen LogP contribution in [-0.2, 0) is 7.05 Å². The highest BCUT2D eigenvalue weighted by molar-refractivity contribution is 9.11. The zero-order chi connectivity index (χ0) is 7.02. The van der Waals surface area contributed by atoms with Gasteiger partial charge >= 0.3 is 0 Å². The second-order valence-corrected chi connectivity index (χ2v) is 3.12. The Hall–Kier alpha value is 0.260. The first-order valence-corrected chi connectivity index (χ1v) is 3.85. The lowest BCUT2D eigenvalue weighted by molar-refractivity contribution is 0.743. The molecule has 0 aliphatic carbocycles. The van der Waals surface area contributed by atoms with Gasteiger partial charge in [0, 0.05) is 7.05 Å². The Bertz CT molecular complexity index is 212. The molecule has 0 bridgehead atoms. The molecule has 1 heterocycles. The first-order chi connectivity index (χ1) is 4.13. The Morgan fingerprint density at radius 1 is 1.50 bits per heavy atom. The summed E-state index contributed by atoms with van der Waals surface area (Å²) < 4.78 is 3.13. The molecule has 6 heteroatoms. The van der Waals surface area contributed by atoms with Crippen molar-refractivity contribution in [3.8, 4) is 0 Å². The lowest BCUT2D eigenvalue weighted by atomic mass is 10.6. The molecule has 0 radical (unpaired) electrons. The summed E-state index contributed by atoms with van der Waals surface area (Å²) in [7, 11) is 1.81. The van der Waals surface area contributed by atoms with Gasteiger partial charge in [-0.3, -0.25) is 4.68 Å². The molecule has 0 amide bonds. The van der Waals surface area contributed by atoms with Gasteiger partial charge in [-0.1, -0.05) is 0 Å². The largest absolute Gasteiger partial charge is 0.394 e. The second kappa shape index (κ2) is 3.59. The molecule has 1 aromatic heterocycles. The summed E-state index contributed by atoms with van der Waals surface area (Å²) in [6.45, 7) is 0. The monoisotopic (exact) mass is 289 g/mol. The second-order valence-electron chi connectivity index (χ2n) is 1.62. The zero-order valence-corrected chi connectivity index (χ0v) is 9.12. The van der Waals surface area contributed by atoms with Crippen LogP contribution in [0.15, 0.2) is 9.21 Å². The van der Waals surface area contributed by atoms with E-state index in [-0.39, 0.29) is 12.4 Å². The molecule has 0 spiro atoms. The number of rotatable bonds is 0. The topological polar surface area (TPSA) is 43.8 Å². The van der Waals surface area contributed by atoms with Crippen molar-refractivity contribution in [2.75, 3.05) is 5.73 Å². The van der Waals surface area contributed by atoms with Gasteiger partial charge in [-0.2, -0.15) is 5.10 Å². The van der Waals surface area contributed by atoms with Crippen LogP contribution >= 0.6 is 44.3 Å². The first-order valence-electron chi connectivity index (χ1n) is 2.26. The van der Waals surface area contributed by atoms with Gasteiger partial charge in [0.2, 0.25) is 0 Å². The summed E-state index contributed by atoms with van der Waals surface area (Å²) in [5, 5.41) is 3.97. The number of hydrogen-bond acceptors (Lipinski definition) is 2. The van der Waals surface area contributed by atoms with Gasteiger partial charge in [0.25, 0.3) is 0 Å². The average molecular weight is 291 g/mol. The smallest absolute Gasteiger partial charge is 0.152 e. The van der Waals surface area contributed by atoms with Crippen LogP contribution in [-0.4, -0.2) is 9.78 Å². The molecule has 0 saturated heterocycles. The van der Waals surface area contributed by atoms with E-state index < -0.39 is 0 Å². The van der Waals surface area contributed by atoms with Gasteiger partial charge in [0.1, 0.15) is 4.60 Å². The number of nitrogens with zero attached hydrogens (tertiary/aromatic N) is 2. The molecule has 10 heavy (non-hydrogen) atoms. The number of aryl methyl sites for hydroxylation is 1. The maximum atomic E-state index is 5.53. The van der Waals surface area contributed by atoms with Crippen molar-refractivity contribution < 1.29 is 0 Å². The van der Waals surface area contributed by atoms with Crippen LogP contribution in [0.1, 0.15) is 0 Å². The van der Waals surface area contributed by atoms with E-state index in [1.165, 1.54) is 0 Å². The molecule has 58 valence electrons. The number of anilines is 1. The van der Waals surface area contributed by atoms with Crippen molar-refractivity contribution >= 4 is 50.0 Å². The highest BCUT2D eigenvalue weighted by Crippen LogP contribution is 2.25. The van der Waals surface area contributed by atoms with E-state index in [0.717, 1.165) is 4.60 Å². The fourth-order valence-corrected chi connectivity index (χ4v) is 1.45. The Kier molecular flexibility index (Phi) is 3.69. The normalized spacial score (nSPS) is 9.10. The van der Waals surface area contributed by atoms with E-state index in [0.29, 0.717) is 10.3 Å². The molecule has 0 atom stereocenters. The first kappa shape index (κ1) is 10.3. The Labute approximate surface area is 81.6 Å². The Balaban J connectivity index is 0.000000810. The summed E-state index contributed by atoms with van der Waals surface area (Å²) >= 11 is 6.43. The predicted molar refractivity (Wildman–Crippen MR) is 50.3 cm³/mol. The molecular formula is C4H6Br2ClN3. The molecule has 3 nitrogen and oxygen atoms in total.